The van der Waals surface area contributed by atoms with Crippen LogP contribution in [-0.4, -0.2) is 13.2 Å². The summed E-state index contributed by atoms with van der Waals surface area (Å²) in [6.07, 6.45) is 2.63. The largest absolute Gasteiger partial charge is 0.424 e. The molecule has 0 aliphatic carbocycles. The predicted molar refractivity (Wildman–Crippen MR) is 50.6 cm³/mol. The Morgan fingerprint density at radius 3 is 2.25 bits per heavy atom. The standard InChI is InChI=1S/C7H16ClO3P/c1-3-5-7-11-12(8,9)10-6-4-2/h3-7H2,1-2H3. The summed E-state index contributed by atoms with van der Waals surface area (Å²) in [6.45, 7) is 1.46. The van der Waals surface area contributed by atoms with Crippen molar-refractivity contribution in [2.24, 2.45) is 0 Å². The third-order valence-corrected chi connectivity index (χ3v) is 2.76. The van der Waals surface area contributed by atoms with Gasteiger partial charge in [-0.05, 0) is 12.8 Å². The number of rotatable bonds is 7. The molecule has 5 heteroatoms. The molecule has 1 atom stereocenters. The second-order valence-corrected chi connectivity index (χ2v) is 5.07. The lowest BCUT2D eigenvalue weighted by atomic mass is 10.4. The minimum Gasteiger partial charge on any atom is -0.297 e. The van der Waals surface area contributed by atoms with E-state index in [0.29, 0.717) is 13.2 Å². The lowest BCUT2D eigenvalue weighted by Crippen LogP contribution is -1.93. The van der Waals surface area contributed by atoms with Gasteiger partial charge in [0.15, 0.2) is 0 Å². The summed E-state index contributed by atoms with van der Waals surface area (Å²) in [5, 5.41) is 0. The van der Waals surface area contributed by atoms with Gasteiger partial charge in [-0.1, -0.05) is 20.3 Å². The van der Waals surface area contributed by atoms with E-state index in [-0.39, 0.29) is 0 Å². The van der Waals surface area contributed by atoms with Crippen LogP contribution >= 0.6 is 18.2 Å². The second-order valence-electron chi connectivity index (χ2n) is 2.45. The van der Waals surface area contributed by atoms with Gasteiger partial charge in [0.25, 0.3) is 0 Å². The lowest BCUT2D eigenvalue weighted by molar-refractivity contribution is 0.216. The Labute approximate surface area is 78.7 Å². The third kappa shape index (κ3) is 7.11. The average molecular weight is 215 g/mol. The fraction of sp³-hybridized carbons (Fsp3) is 1.00. The molecule has 0 aliphatic rings. The SMILES string of the molecule is CCCCOP(=O)(Cl)OCCC. The van der Waals surface area contributed by atoms with E-state index in [0.717, 1.165) is 19.3 Å². The number of unbranched alkanes of at least 4 members (excludes halogenated alkanes) is 1. The molecule has 0 heterocycles. The van der Waals surface area contributed by atoms with Crippen LogP contribution in [0, 0.1) is 0 Å². The van der Waals surface area contributed by atoms with Crippen molar-refractivity contribution in [1.29, 1.82) is 0 Å². The van der Waals surface area contributed by atoms with E-state index in [1.807, 2.05) is 13.8 Å². The molecular formula is C7H16ClO3P. The van der Waals surface area contributed by atoms with Gasteiger partial charge in [0.2, 0.25) is 0 Å². The van der Waals surface area contributed by atoms with E-state index in [9.17, 15) is 4.57 Å². The highest BCUT2D eigenvalue weighted by molar-refractivity contribution is 7.81. The molecule has 0 spiro atoms. The van der Waals surface area contributed by atoms with Crippen LogP contribution in [0.1, 0.15) is 33.1 Å². The maximum atomic E-state index is 11.2. The van der Waals surface area contributed by atoms with E-state index in [1.165, 1.54) is 0 Å². The molecule has 0 bridgehead atoms. The highest BCUT2D eigenvalue weighted by atomic mass is 35.7. The first kappa shape index (κ1) is 12.4. The van der Waals surface area contributed by atoms with Gasteiger partial charge in [-0.25, -0.2) is 4.57 Å². The van der Waals surface area contributed by atoms with E-state index in [4.69, 9.17) is 20.3 Å². The van der Waals surface area contributed by atoms with Crippen LogP contribution in [0.25, 0.3) is 0 Å². The Hall–Kier alpha value is 0.440. The predicted octanol–water partition coefficient (Wildman–Crippen LogP) is 3.58. The van der Waals surface area contributed by atoms with Crippen LogP contribution in [0.15, 0.2) is 0 Å². The van der Waals surface area contributed by atoms with E-state index in [2.05, 4.69) is 0 Å². The minimum absolute atomic E-state index is 0.382. The molecule has 74 valence electrons. The quantitative estimate of drug-likeness (QED) is 0.480. The van der Waals surface area contributed by atoms with Gasteiger partial charge in [0.1, 0.15) is 0 Å². The highest BCUT2D eigenvalue weighted by Gasteiger charge is 2.19. The van der Waals surface area contributed by atoms with Crippen LogP contribution in [0.3, 0.4) is 0 Å². The van der Waals surface area contributed by atoms with Crippen LogP contribution in [-0.2, 0) is 13.6 Å². The van der Waals surface area contributed by atoms with Gasteiger partial charge >= 0.3 is 6.95 Å². The van der Waals surface area contributed by atoms with Crippen molar-refractivity contribution < 1.29 is 13.6 Å². The van der Waals surface area contributed by atoms with Crippen LogP contribution < -0.4 is 0 Å². The van der Waals surface area contributed by atoms with E-state index < -0.39 is 6.95 Å². The molecule has 0 aromatic heterocycles. The summed E-state index contributed by atoms with van der Waals surface area (Å²) in [5.41, 5.74) is 0. The van der Waals surface area contributed by atoms with Gasteiger partial charge in [-0.3, -0.25) is 9.05 Å². The highest BCUT2D eigenvalue weighted by Crippen LogP contribution is 2.53. The van der Waals surface area contributed by atoms with Crippen molar-refractivity contribution in [3.63, 3.8) is 0 Å². The molecule has 12 heavy (non-hydrogen) atoms. The normalized spacial score (nSPS) is 15.9. The van der Waals surface area contributed by atoms with Gasteiger partial charge in [-0.2, -0.15) is 0 Å². The summed E-state index contributed by atoms with van der Waals surface area (Å²) < 4.78 is 20.9. The summed E-state index contributed by atoms with van der Waals surface area (Å²) in [7, 11) is 0. The molecule has 0 N–H and O–H groups in total. The monoisotopic (exact) mass is 214 g/mol. The van der Waals surface area contributed by atoms with E-state index >= 15 is 0 Å². The lowest BCUT2D eigenvalue weighted by Gasteiger charge is -2.10. The zero-order chi connectivity index (χ0) is 9.45. The molecular weight excluding hydrogens is 199 g/mol. The molecule has 0 aromatic rings. The Morgan fingerprint density at radius 1 is 1.17 bits per heavy atom. The molecule has 0 rings (SSSR count). The summed E-state index contributed by atoms with van der Waals surface area (Å²) in [6, 6.07) is 0. The topological polar surface area (TPSA) is 35.5 Å². The zero-order valence-electron chi connectivity index (χ0n) is 7.59. The fourth-order valence-electron chi connectivity index (χ4n) is 0.556. The smallest absolute Gasteiger partial charge is 0.297 e. The number of hydrogen-bond acceptors (Lipinski definition) is 3. The maximum Gasteiger partial charge on any atom is 0.424 e. The summed E-state index contributed by atoms with van der Waals surface area (Å²) in [4.78, 5) is 0. The summed E-state index contributed by atoms with van der Waals surface area (Å²) >= 11 is 5.46. The molecule has 1 unspecified atom stereocenters. The van der Waals surface area contributed by atoms with Gasteiger partial charge in [0, 0.05) is 11.2 Å². The first-order valence-electron chi connectivity index (χ1n) is 4.21. The third-order valence-electron chi connectivity index (χ3n) is 1.19. The van der Waals surface area contributed by atoms with Gasteiger partial charge in [-0.15, -0.1) is 0 Å². The maximum absolute atomic E-state index is 11.2. The van der Waals surface area contributed by atoms with Crippen molar-refractivity contribution in [2.45, 2.75) is 33.1 Å². The molecule has 0 radical (unpaired) electrons. The Bertz CT molecular complexity index is 152. The molecule has 0 fully saturated rings. The molecule has 3 nitrogen and oxygen atoms in total. The Morgan fingerprint density at radius 2 is 1.75 bits per heavy atom. The molecule has 0 saturated heterocycles. The van der Waals surface area contributed by atoms with Gasteiger partial charge in [0.05, 0.1) is 13.2 Å². The number of hydrogen-bond donors (Lipinski definition) is 0. The van der Waals surface area contributed by atoms with Crippen molar-refractivity contribution in [1.82, 2.24) is 0 Å². The zero-order valence-corrected chi connectivity index (χ0v) is 9.24. The molecule has 0 amide bonds. The Kier molecular flexibility index (Phi) is 7.16. The fourth-order valence-corrected chi connectivity index (χ4v) is 1.79. The number of halogens is 1. The second kappa shape index (κ2) is 6.90. The van der Waals surface area contributed by atoms with Crippen molar-refractivity contribution in [3.8, 4) is 0 Å². The molecule has 0 aliphatic heterocycles. The van der Waals surface area contributed by atoms with Crippen molar-refractivity contribution in [3.05, 3.63) is 0 Å². The minimum atomic E-state index is -3.27. The van der Waals surface area contributed by atoms with E-state index in [1.54, 1.807) is 0 Å². The first-order valence-corrected chi connectivity index (χ1v) is 6.66. The molecule has 0 saturated carbocycles. The van der Waals surface area contributed by atoms with Gasteiger partial charge < -0.3 is 0 Å². The van der Waals surface area contributed by atoms with Crippen LogP contribution in [0.2, 0.25) is 0 Å². The summed E-state index contributed by atoms with van der Waals surface area (Å²) in [5.74, 6) is 0. The van der Waals surface area contributed by atoms with Crippen LogP contribution in [0.5, 0.6) is 0 Å². The van der Waals surface area contributed by atoms with Crippen molar-refractivity contribution >= 4 is 18.2 Å². The average Bonchev–Trinajstić information content (AvgIpc) is 2.01. The molecule has 0 aromatic carbocycles. The Balaban J connectivity index is 3.49. The van der Waals surface area contributed by atoms with Crippen LogP contribution in [0.4, 0.5) is 0 Å². The van der Waals surface area contributed by atoms with Crippen molar-refractivity contribution in [2.75, 3.05) is 13.2 Å². The first-order chi connectivity index (χ1) is 5.62.